The summed E-state index contributed by atoms with van der Waals surface area (Å²) in [5, 5.41) is 3.23. The Morgan fingerprint density at radius 3 is 3.00 bits per heavy atom. The van der Waals surface area contributed by atoms with Gasteiger partial charge in [-0.05, 0) is 42.2 Å². The van der Waals surface area contributed by atoms with Crippen molar-refractivity contribution in [2.24, 2.45) is 5.92 Å². The Balaban J connectivity index is 1.74. The predicted molar refractivity (Wildman–Crippen MR) is 72.2 cm³/mol. The van der Waals surface area contributed by atoms with Crippen LogP contribution in [-0.2, 0) is 4.74 Å². The maximum atomic E-state index is 12.7. The van der Waals surface area contributed by atoms with Gasteiger partial charge in [-0.15, -0.1) is 11.3 Å². The molecular formula is C15H14O2S. The molecule has 92 valence electrons. The van der Waals surface area contributed by atoms with Crippen LogP contribution in [0.5, 0.6) is 0 Å². The number of benzene rings is 1. The maximum absolute atomic E-state index is 12.7. The highest BCUT2D eigenvalue weighted by Gasteiger charge is 2.44. The molecule has 2 aromatic rings. The highest BCUT2D eigenvalue weighted by atomic mass is 32.1. The summed E-state index contributed by atoms with van der Waals surface area (Å²) in [6.07, 6.45) is 3.63. The van der Waals surface area contributed by atoms with E-state index >= 15 is 0 Å². The molecule has 2 aliphatic rings. The average molecular weight is 258 g/mol. The molecule has 1 aromatic heterocycles. The van der Waals surface area contributed by atoms with Gasteiger partial charge < -0.3 is 4.74 Å². The smallest absolute Gasteiger partial charge is 0.170 e. The molecule has 0 amide bonds. The van der Waals surface area contributed by atoms with Gasteiger partial charge in [0.25, 0.3) is 0 Å². The van der Waals surface area contributed by atoms with Crippen LogP contribution in [-0.4, -0.2) is 18.0 Å². The largest absolute Gasteiger partial charge is 0.374 e. The third kappa shape index (κ3) is 1.47. The number of thiophene rings is 1. The minimum absolute atomic E-state index is 0.0939. The zero-order valence-corrected chi connectivity index (χ0v) is 10.8. The topological polar surface area (TPSA) is 26.3 Å². The Morgan fingerprint density at radius 1 is 1.28 bits per heavy atom. The van der Waals surface area contributed by atoms with Gasteiger partial charge in [-0.3, -0.25) is 4.79 Å². The summed E-state index contributed by atoms with van der Waals surface area (Å²) < 4.78 is 6.93. The van der Waals surface area contributed by atoms with Gasteiger partial charge >= 0.3 is 0 Å². The van der Waals surface area contributed by atoms with Crippen molar-refractivity contribution in [2.75, 3.05) is 0 Å². The van der Waals surface area contributed by atoms with Crippen LogP contribution >= 0.6 is 11.3 Å². The van der Waals surface area contributed by atoms with E-state index in [2.05, 4.69) is 17.5 Å². The third-order valence-corrected chi connectivity index (χ3v) is 5.15. The molecule has 0 radical (unpaired) electrons. The Morgan fingerprint density at radius 2 is 2.22 bits per heavy atom. The summed E-state index contributed by atoms with van der Waals surface area (Å²) in [7, 11) is 0. The second-order valence-electron chi connectivity index (χ2n) is 5.22. The predicted octanol–water partition coefficient (Wildman–Crippen LogP) is 3.65. The monoisotopic (exact) mass is 258 g/mol. The molecule has 0 spiro atoms. The number of carbonyl (C=O) groups is 1. The van der Waals surface area contributed by atoms with Crippen LogP contribution < -0.4 is 0 Å². The van der Waals surface area contributed by atoms with Crippen molar-refractivity contribution in [3.8, 4) is 0 Å². The first kappa shape index (κ1) is 10.7. The van der Waals surface area contributed by atoms with E-state index in [1.807, 2.05) is 12.1 Å². The normalized spacial score (nSPS) is 30.1. The Kier molecular flexibility index (Phi) is 2.32. The first-order valence-electron chi connectivity index (χ1n) is 6.49. The van der Waals surface area contributed by atoms with Crippen LogP contribution in [0.1, 0.15) is 29.6 Å². The molecule has 3 atom stereocenters. The standard InChI is InChI=1S/C15H14O2S/c16-14(12-8-10-4-5-13(12)17-10)11-3-1-2-9-6-7-18-15(9)11/h1-3,6-7,10,12-13H,4-5,8H2. The lowest BCUT2D eigenvalue weighted by Gasteiger charge is -2.17. The lowest BCUT2D eigenvalue weighted by Crippen LogP contribution is -2.25. The summed E-state index contributed by atoms with van der Waals surface area (Å²) in [4.78, 5) is 12.7. The van der Waals surface area contributed by atoms with Gasteiger partial charge in [0, 0.05) is 10.3 Å². The van der Waals surface area contributed by atoms with Crippen molar-refractivity contribution >= 4 is 27.2 Å². The lowest BCUT2D eigenvalue weighted by atomic mass is 9.83. The van der Waals surface area contributed by atoms with E-state index in [9.17, 15) is 4.79 Å². The number of rotatable bonds is 2. The van der Waals surface area contributed by atoms with Gasteiger partial charge in [0.15, 0.2) is 5.78 Å². The van der Waals surface area contributed by atoms with Gasteiger partial charge in [0.2, 0.25) is 0 Å². The molecule has 3 heterocycles. The van der Waals surface area contributed by atoms with Gasteiger partial charge in [-0.1, -0.05) is 12.1 Å². The van der Waals surface area contributed by atoms with Crippen LogP contribution in [0.3, 0.4) is 0 Å². The molecule has 2 fully saturated rings. The van der Waals surface area contributed by atoms with Gasteiger partial charge in [-0.25, -0.2) is 0 Å². The summed E-state index contributed by atoms with van der Waals surface area (Å²) in [6.45, 7) is 0. The highest BCUT2D eigenvalue weighted by molar-refractivity contribution is 7.17. The summed E-state index contributed by atoms with van der Waals surface area (Å²) in [5.41, 5.74) is 0.892. The molecule has 2 bridgehead atoms. The van der Waals surface area contributed by atoms with E-state index in [4.69, 9.17) is 4.74 Å². The van der Waals surface area contributed by atoms with E-state index in [-0.39, 0.29) is 17.8 Å². The molecule has 0 saturated carbocycles. The fourth-order valence-corrected chi connectivity index (χ4v) is 4.22. The fraction of sp³-hybridized carbons (Fsp3) is 0.400. The number of ketones is 1. The Bertz CT molecular complexity index is 616. The van der Waals surface area contributed by atoms with Crippen LogP contribution in [0.15, 0.2) is 29.6 Å². The molecule has 3 unspecified atom stereocenters. The van der Waals surface area contributed by atoms with Crippen LogP contribution in [0.25, 0.3) is 10.1 Å². The number of fused-ring (bicyclic) bond motifs is 3. The van der Waals surface area contributed by atoms with E-state index < -0.39 is 0 Å². The summed E-state index contributed by atoms with van der Waals surface area (Å²) in [5.74, 6) is 0.381. The first-order valence-corrected chi connectivity index (χ1v) is 7.37. The number of ether oxygens (including phenoxy) is 1. The van der Waals surface area contributed by atoms with Crippen molar-refractivity contribution in [1.29, 1.82) is 0 Å². The van der Waals surface area contributed by atoms with Gasteiger partial charge in [0.05, 0.1) is 18.1 Å². The molecule has 2 saturated heterocycles. The second-order valence-corrected chi connectivity index (χ2v) is 6.14. The maximum Gasteiger partial charge on any atom is 0.170 e. The average Bonchev–Trinajstić information content (AvgIpc) is 3.12. The summed E-state index contributed by atoms with van der Waals surface area (Å²) in [6, 6.07) is 8.09. The molecule has 2 nitrogen and oxygen atoms in total. The Hall–Kier alpha value is -1.19. The van der Waals surface area contributed by atoms with E-state index in [1.54, 1.807) is 11.3 Å². The van der Waals surface area contributed by atoms with Crippen LogP contribution in [0.4, 0.5) is 0 Å². The highest BCUT2D eigenvalue weighted by Crippen LogP contribution is 2.41. The number of hydrogen-bond donors (Lipinski definition) is 0. The first-order chi connectivity index (χ1) is 8.83. The van der Waals surface area contributed by atoms with E-state index in [0.29, 0.717) is 6.10 Å². The van der Waals surface area contributed by atoms with Crippen molar-refractivity contribution in [1.82, 2.24) is 0 Å². The zero-order valence-electron chi connectivity index (χ0n) is 9.96. The second kappa shape index (κ2) is 3.90. The minimum atomic E-state index is 0.0939. The van der Waals surface area contributed by atoms with Crippen LogP contribution in [0.2, 0.25) is 0 Å². The van der Waals surface area contributed by atoms with Crippen molar-refractivity contribution in [3.63, 3.8) is 0 Å². The molecular weight excluding hydrogens is 244 g/mol. The lowest BCUT2D eigenvalue weighted by molar-refractivity contribution is 0.0745. The molecule has 2 aliphatic heterocycles. The Labute approximate surface area is 110 Å². The van der Waals surface area contributed by atoms with E-state index in [0.717, 1.165) is 29.5 Å². The van der Waals surface area contributed by atoms with E-state index in [1.165, 1.54) is 5.39 Å². The molecule has 18 heavy (non-hydrogen) atoms. The molecule has 0 N–H and O–H groups in total. The number of hydrogen-bond acceptors (Lipinski definition) is 3. The SMILES string of the molecule is O=C(c1cccc2ccsc12)C1CC2CCC1O2. The quantitative estimate of drug-likeness (QED) is 0.768. The molecule has 4 rings (SSSR count). The third-order valence-electron chi connectivity index (χ3n) is 4.19. The van der Waals surface area contributed by atoms with Gasteiger partial charge in [0.1, 0.15) is 0 Å². The fourth-order valence-electron chi connectivity index (χ4n) is 3.30. The van der Waals surface area contributed by atoms with Gasteiger partial charge in [-0.2, -0.15) is 0 Å². The minimum Gasteiger partial charge on any atom is -0.374 e. The number of Topliss-reactive ketones (excluding diaryl/α,β-unsaturated/α-hetero) is 1. The zero-order chi connectivity index (χ0) is 12.1. The molecule has 3 heteroatoms. The van der Waals surface area contributed by atoms with Crippen molar-refractivity contribution < 1.29 is 9.53 Å². The van der Waals surface area contributed by atoms with Crippen molar-refractivity contribution in [3.05, 3.63) is 35.2 Å². The number of carbonyl (C=O) groups excluding carboxylic acids is 1. The van der Waals surface area contributed by atoms with Crippen LogP contribution in [0, 0.1) is 5.92 Å². The molecule has 1 aromatic carbocycles. The summed E-state index contributed by atoms with van der Waals surface area (Å²) >= 11 is 1.66. The molecule has 0 aliphatic carbocycles. The van der Waals surface area contributed by atoms with Crippen molar-refractivity contribution in [2.45, 2.75) is 31.5 Å².